The fourth-order valence-electron chi connectivity index (χ4n) is 5.62. The van der Waals surface area contributed by atoms with E-state index in [9.17, 15) is 4.79 Å². The zero-order valence-electron chi connectivity index (χ0n) is 22.2. The second kappa shape index (κ2) is 9.93. The molecule has 192 valence electrons. The SMILES string of the molecule is CCC[C@H]1N=C2N(C)C(=O)c3c(nc(Cc4ccc(-c5ccccc5)cc4)n3Cc3ccccc3)N2[C@H]1C. The minimum absolute atomic E-state index is 0.0477. The predicted molar refractivity (Wildman–Crippen MR) is 153 cm³/mol. The smallest absolute Gasteiger partial charge is 0.280 e. The number of fused-ring (bicyclic) bond motifs is 3. The number of carbonyl (C=O) groups excluding carboxylic acids is 1. The number of amides is 1. The summed E-state index contributed by atoms with van der Waals surface area (Å²) < 4.78 is 2.12. The Labute approximate surface area is 224 Å². The molecule has 0 bridgehead atoms. The molecule has 0 saturated carbocycles. The molecule has 0 unspecified atom stereocenters. The number of aromatic nitrogens is 2. The molecule has 6 nitrogen and oxygen atoms in total. The maximum Gasteiger partial charge on any atom is 0.280 e. The van der Waals surface area contributed by atoms with Crippen LogP contribution >= 0.6 is 0 Å². The molecule has 3 aromatic carbocycles. The summed E-state index contributed by atoms with van der Waals surface area (Å²) in [6.07, 6.45) is 2.68. The lowest BCUT2D eigenvalue weighted by molar-refractivity contribution is 0.0855. The Morgan fingerprint density at radius 3 is 2.18 bits per heavy atom. The average Bonchev–Trinajstić information content (AvgIpc) is 3.46. The van der Waals surface area contributed by atoms with Gasteiger partial charge in [-0.2, -0.15) is 0 Å². The first kappa shape index (κ1) is 24.2. The first-order valence-corrected chi connectivity index (χ1v) is 13.5. The van der Waals surface area contributed by atoms with E-state index in [1.54, 1.807) is 4.90 Å². The van der Waals surface area contributed by atoms with Crippen molar-refractivity contribution in [3.05, 3.63) is 108 Å². The second-order valence-corrected chi connectivity index (χ2v) is 10.3. The van der Waals surface area contributed by atoms with Gasteiger partial charge in [0.2, 0.25) is 5.96 Å². The van der Waals surface area contributed by atoms with E-state index in [1.807, 2.05) is 31.3 Å². The lowest BCUT2D eigenvalue weighted by atomic mass is 10.0. The van der Waals surface area contributed by atoms with E-state index < -0.39 is 0 Å². The van der Waals surface area contributed by atoms with Crippen LogP contribution in [0.1, 0.15) is 54.1 Å². The van der Waals surface area contributed by atoms with Crippen molar-refractivity contribution < 1.29 is 4.79 Å². The number of anilines is 1. The Kier molecular flexibility index (Phi) is 6.32. The van der Waals surface area contributed by atoms with Gasteiger partial charge < -0.3 is 4.57 Å². The fraction of sp³-hybridized carbons (Fsp3) is 0.281. The fourth-order valence-corrected chi connectivity index (χ4v) is 5.62. The van der Waals surface area contributed by atoms with Crippen LogP contribution in [-0.4, -0.2) is 45.4 Å². The number of benzene rings is 3. The highest BCUT2D eigenvalue weighted by atomic mass is 16.2. The third-order valence-corrected chi connectivity index (χ3v) is 7.72. The van der Waals surface area contributed by atoms with Gasteiger partial charge in [-0.15, -0.1) is 0 Å². The number of hydrogen-bond donors (Lipinski definition) is 0. The number of guanidine groups is 1. The van der Waals surface area contributed by atoms with Gasteiger partial charge in [-0.1, -0.05) is 98.3 Å². The van der Waals surface area contributed by atoms with Crippen molar-refractivity contribution in [2.45, 2.75) is 51.7 Å². The van der Waals surface area contributed by atoms with Crippen molar-refractivity contribution in [3.63, 3.8) is 0 Å². The minimum atomic E-state index is -0.0477. The lowest BCUT2D eigenvalue weighted by Crippen LogP contribution is -2.51. The number of carbonyl (C=O) groups is 1. The molecule has 0 spiro atoms. The Morgan fingerprint density at radius 1 is 0.842 bits per heavy atom. The van der Waals surface area contributed by atoms with E-state index in [-0.39, 0.29) is 18.0 Å². The molecule has 2 atom stereocenters. The van der Waals surface area contributed by atoms with Gasteiger partial charge in [0, 0.05) is 20.0 Å². The van der Waals surface area contributed by atoms with Crippen LogP contribution in [0.5, 0.6) is 0 Å². The number of aliphatic imine (C=N–C) groups is 1. The molecule has 0 N–H and O–H groups in total. The van der Waals surface area contributed by atoms with Crippen LogP contribution in [0.15, 0.2) is 89.9 Å². The molecule has 0 saturated heterocycles. The van der Waals surface area contributed by atoms with E-state index >= 15 is 0 Å². The van der Waals surface area contributed by atoms with Crippen molar-refractivity contribution in [3.8, 4) is 11.1 Å². The van der Waals surface area contributed by atoms with E-state index in [2.05, 4.69) is 84.0 Å². The van der Waals surface area contributed by atoms with E-state index in [1.165, 1.54) is 11.1 Å². The topological polar surface area (TPSA) is 53.7 Å². The van der Waals surface area contributed by atoms with Gasteiger partial charge in [0.25, 0.3) is 5.91 Å². The van der Waals surface area contributed by atoms with Crippen molar-refractivity contribution >= 4 is 17.7 Å². The maximum absolute atomic E-state index is 13.8. The molecule has 6 heteroatoms. The highest BCUT2D eigenvalue weighted by Crippen LogP contribution is 2.36. The molecule has 6 rings (SSSR count). The minimum Gasteiger partial charge on any atom is -0.317 e. The number of nitrogens with zero attached hydrogens (tertiary/aromatic N) is 5. The molecule has 2 aliphatic heterocycles. The Bertz CT molecular complexity index is 1470. The molecule has 0 fully saturated rings. The lowest BCUT2D eigenvalue weighted by Gasteiger charge is -2.34. The highest BCUT2D eigenvalue weighted by molar-refractivity contribution is 6.18. The Hall–Kier alpha value is -4.19. The molecule has 0 aliphatic carbocycles. The summed E-state index contributed by atoms with van der Waals surface area (Å²) in [5, 5.41) is 0. The predicted octanol–water partition coefficient (Wildman–Crippen LogP) is 6.01. The molecule has 1 aromatic heterocycles. The van der Waals surface area contributed by atoms with Gasteiger partial charge in [0.15, 0.2) is 11.5 Å². The molecular formula is C32H33N5O. The van der Waals surface area contributed by atoms with Gasteiger partial charge in [-0.25, -0.2) is 9.98 Å². The molecular weight excluding hydrogens is 470 g/mol. The number of hydrogen-bond acceptors (Lipinski definition) is 4. The summed E-state index contributed by atoms with van der Waals surface area (Å²) >= 11 is 0. The first-order valence-electron chi connectivity index (χ1n) is 13.5. The number of imidazole rings is 1. The van der Waals surface area contributed by atoms with E-state index in [0.717, 1.165) is 41.6 Å². The van der Waals surface area contributed by atoms with Gasteiger partial charge in [-0.05, 0) is 35.6 Å². The van der Waals surface area contributed by atoms with Gasteiger partial charge in [0.05, 0.1) is 12.1 Å². The van der Waals surface area contributed by atoms with E-state index in [0.29, 0.717) is 18.7 Å². The summed E-state index contributed by atoms with van der Waals surface area (Å²) in [5.41, 5.74) is 5.34. The standard InChI is InChI=1S/C32H33N5O/c1-4-11-27-22(2)37-30-29(31(38)35(3)32(37)33-27)36(21-24-12-7-5-8-13-24)28(34-30)20-23-16-18-26(19-17-23)25-14-9-6-10-15-25/h5-10,12-19,22,27H,4,11,20-21H2,1-3H3/t22-,27+/m0/s1. The normalized spacial score (nSPS) is 18.4. The summed E-state index contributed by atoms with van der Waals surface area (Å²) in [6, 6.07) is 29.7. The zero-order chi connectivity index (χ0) is 26.2. The summed E-state index contributed by atoms with van der Waals surface area (Å²) in [5.74, 6) is 2.30. The van der Waals surface area contributed by atoms with Crippen molar-refractivity contribution in [2.75, 3.05) is 11.9 Å². The van der Waals surface area contributed by atoms with Crippen LogP contribution in [-0.2, 0) is 13.0 Å². The Balaban J connectivity index is 1.41. The van der Waals surface area contributed by atoms with Gasteiger partial charge in [-0.3, -0.25) is 14.6 Å². The highest BCUT2D eigenvalue weighted by Gasteiger charge is 2.45. The van der Waals surface area contributed by atoms with Crippen molar-refractivity contribution in [2.24, 2.45) is 4.99 Å². The second-order valence-electron chi connectivity index (χ2n) is 10.3. The third-order valence-electron chi connectivity index (χ3n) is 7.72. The summed E-state index contributed by atoms with van der Waals surface area (Å²) in [4.78, 5) is 27.8. The number of rotatable bonds is 7. The zero-order valence-corrected chi connectivity index (χ0v) is 22.2. The summed E-state index contributed by atoms with van der Waals surface area (Å²) in [6.45, 7) is 4.97. The quantitative estimate of drug-likeness (QED) is 0.310. The van der Waals surface area contributed by atoms with Crippen LogP contribution in [0.2, 0.25) is 0 Å². The molecule has 4 aromatic rings. The Morgan fingerprint density at radius 2 is 1.50 bits per heavy atom. The largest absolute Gasteiger partial charge is 0.317 e. The van der Waals surface area contributed by atoms with Crippen molar-refractivity contribution in [1.82, 2.24) is 14.5 Å². The molecule has 2 aliphatic rings. The molecule has 38 heavy (non-hydrogen) atoms. The third kappa shape index (κ3) is 4.20. The first-order chi connectivity index (χ1) is 18.5. The monoisotopic (exact) mass is 503 g/mol. The van der Waals surface area contributed by atoms with Crippen LogP contribution < -0.4 is 4.90 Å². The van der Waals surface area contributed by atoms with Crippen LogP contribution in [0.4, 0.5) is 5.82 Å². The molecule has 3 heterocycles. The van der Waals surface area contributed by atoms with Crippen LogP contribution in [0, 0.1) is 0 Å². The van der Waals surface area contributed by atoms with Crippen LogP contribution in [0.3, 0.4) is 0 Å². The summed E-state index contributed by atoms with van der Waals surface area (Å²) in [7, 11) is 1.83. The van der Waals surface area contributed by atoms with Crippen LogP contribution in [0.25, 0.3) is 11.1 Å². The van der Waals surface area contributed by atoms with E-state index in [4.69, 9.17) is 9.98 Å². The molecule has 1 amide bonds. The van der Waals surface area contributed by atoms with Gasteiger partial charge >= 0.3 is 0 Å². The maximum atomic E-state index is 13.8. The average molecular weight is 504 g/mol. The molecule has 0 radical (unpaired) electrons. The van der Waals surface area contributed by atoms with Gasteiger partial charge in [0.1, 0.15) is 5.82 Å². The van der Waals surface area contributed by atoms with Crippen molar-refractivity contribution in [1.29, 1.82) is 0 Å².